The fourth-order valence-corrected chi connectivity index (χ4v) is 3.63. The molecule has 0 aliphatic rings. The van der Waals surface area contributed by atoms with Gasteiger partial charge < -0.3 is 10.2 Å². The van der Waals surface area contributed by atoms with Crippen LogP contribution in [0.15, 0.2) is 79.1 Å². The lowest BCUT2D eigenvalue weighted by Gasteiger charge is -2.31. The van der Waals surface area contributed by atoms with E-state index < -0.39 is 6.04 Å². The van der Waals surface area contributed by atoms with Crippen LogP contribution in [0.1, 0.15) is 36.5 Å². The summed E-state index contributed by atoms with van der Waals surface area (Å²) in [6.45, 7) is 2.69. The summed E-state index contributed by atoms with van der Waals surface area (Å²) in [6.07, 6.45) is 4.93. The Bertz CT molecular complexity index is 995. The zero-order chi connectivity index (χ0) is 22.8. The molecule has 3 aromatic rings. The van der Waals surface area contributed by atoms with Gasteiger partial charge in [0.1, 0.15) is 6.04 Å². The summed E-state index contributed by atoms with van der Waals surface area (Å²) in [5, 5.41) is 3.65. The largest absolute Gasteiger partial charge is 0.350 e. The average Bonchev–Trinajstić information content (AvgIpc) is 2.82. The molecule has 32 heavy (non-hydrogen) atoms. The third-order valence-corrected chi connectivity index (χ3v) is 5.47. The number of amides is 2. The quantitative estimate of drug-likeness (QED) is 0.484. The van der Waals surface area contributed by atoms with Crippen LogP contribution in [0.5, 0.6) is 0 Å². The number of pyridine rings is 1. The molecule has 3 rings (SSSR count). The van der Waals surface area contributed by atoms with E-state index in [-0.39, 0.29) is 11.8 Å². The Kier molecular flexibility index (Phi) is 8.81. The molecule has 0 fully saturated rings. The number of hydrogen-bond acceptors (Lipinski definition) is 3. The Morgan fingerprint density at radius 2 is 1.62 bits per heavy atom. The Morgan fingerprint density at radius 1 is 0.938 bits per heavy atom. The lowest BCUT2D eigenvalue weighted by atomic mass is 10.0. The number of nitrogens with zero attached hydrogens (tertiary/aromatic N) is 2. The molecule has 1 heterocycles. The highest BCUT2D eigenvalue weighted by molar-refractivity contribution is 6.30. The van der Waals surface area contributed by atoms with E-state index in [0.29, 0.717) is 37.4 Å². The zero-order valence-corrected chi connectivity index (χ0v) is 19.0. The van der Waals surface area contributed by atoms with Crippen molar-refractivity contribution in [3.05, 3.63) is 101 Å². The van der Waals surface area contributed by atoms with Crippen molar-refractivity contribution in [2.24, 2.45) is 0 Å². The van der Waals surface area contributed by atoms with Crippen molar-refractivity contribution in [1.29, 1.82) is 0 Å². The van der Waals surface area contributed by atoms with E-state index in [0.717, 1.165) is 16.7 Å². The van der Waals surface area contributed by atoms with E-state index in [1.807, 2.05) is 61.5 Å². The van der Waals surface area contributed by atoms with Gasteiger partial charge in [-0.15, -0.1) is 0 Å². The predicted molar refractivity (Wildman–Crippen MR) is 127 cm³/mol. The molecule has 1 N–H and O–H groups in total. The Labute approximate surface area is 194 Å². The molecule has 0 saturated heterocycles. The van der Waals surface area contributed by atoms with Crippen LogP contribution in [0.2, 0.25) is 5.02 Å². The second-order valence-corrected chi connectivity index (χ2v) is 8.11. The van der Waals surface area contributed by atoms with Crippen LogP contribution in [0, 0.1) is 0 Å². The van der Waals surface area contributed by atoms with E-state index in [4.69, 9.17) is 11.6 Å². The number of hydrogen-bond donors (Lipinski definition) is 1. The number of halogens is 1. The van der Waals surface area contributed by atoms with Crippen molar-refractivity contribution in [2.75, 3.05) is 0 Å². The summed E-state index contributed by atoms with van der Waals surface area (Å²) in [5.74, 6) is -0.216. The smallest absolute Gasteiger partial charge is 0.243 e. The second-order valence-electron chi connectivity index (χ2n) is 7.68. The minimum absolute atomic E-state index is 0.0394. The molecule has 1 aromatic heterocycles. The summed E-state index contributed by atoms with van der Waals surface area (Å²) >= 11 is 6.03. The number of carbonyl (C=O) groups excluding carboxylic acids is 2. The number of benzene rings is 2. The first-order valence-electron chi connectivity index (χ1n) is 10.8. The average molecular weight is 450 g/mol. The first-order valence-corrected chi connectivity index (χ1v) is 11.2. The van der Waals surface area contributed by atoms with Gasteiger partial charge >= 0.3 is 0 Å². The van der Waals surface area contributed by atoms with Crippen LogP contribution in [0.25, 0.3) is 0 Å². The van der Waals surface area contributed by atoms with Gasteiger partial charge in [-0.3, -0.25) is 14.6 Å². The lowest BCUT2D eigenvalue weighted by molar-refractivity contribution is -0.141. The molecule has 2 amide bonds. The second kappa shape index (κ2) is 12.0. The monoisotopic (exact) mass is 449 g/mol. The molecule has 0 aliphatic heterocycles. The van der Waals surface area contributed by atoms with Gasteiger partial charge in [0.15, 0.2) is 0 Å². The van der Waals surface area contributed by atoms with Gasteiger partial charge in [-0.2, -0.15) is 0 Å². The van der Waals surface area contributed by atoms with E-state index in [2.05, 4.69) is 10.3 Å². The lowest BCUT2D eigenvalue weighted by Crippen LogP contribution is -2.50. The molecular weight excluding hydrogens is 422 g/mol. The molecular formula is C26H28ClN3O2. The highest BCUT2D eigenvalue weighted by atomic mass is 35.5. The Balaban J connectivity index is 1.87. The highest BCUT2D eigenvalue weighted by Crippen LogP contribution is 2.18. The summed E-state index contributed by atoms with van der Waals surface area (Å²) in [4.78, 5) is 32.2. The fraction of sp³-hybridized carbons (Fsp3) is 0.269. The summed E-state index contributed by atoms with van der Waals surface area (Å²) < 4.78 is 0. The third-order valence-electron chi connectivity index (χ3n) is 5.22. The molecule has 0 spiro atoms. The van der Waals surface area contributed by atoms with Crippen LogP contribution < -0.4 is 5.32 Å². The predicted octanol–water partition coefficient (Wildman–Crippen LogP) is 4.79. The third kappa shape index (κ3) is 6.92. The van der Waals surface area contributed by atoms with Crippen molar-refractivity contribution >= 4 is 23.4 Å². The van der Waals surface area contributed by atoms with Gasteiger partial charge in [-0.1, -0.05) is 61.0 Å². The van der Waals surface area contributed by atoms with Crippen LogP contribution in [-0.4, -0.2) is 27.7 Å². The molecule has 0 saturated carbocycles. The number of nitrogens with one attached hydrogen (secondary N) is 1. The minimum Gasteiger partial charge on any atom is -0.350 e. The van der Waals surface area contributed by atoms with Gasteiger partial charge in [-0.05, 0) is 47.4 Å². The molecule has 5 nitrogen and oxygen atoms in total. The summed E-state index contributed by atoms with van der Waals surface area (Å²) in [5.41, 5.74) is 2.89. The van der Waals surface area contributed by atoms with Crippen molar-refractivity contribution < 1.29 is 9.59 Å². The normalized spacial score (nSPS) is 11.6. The van der Waals surface area contributed by atoms with Crippen LogP contribution in [0.3, 0.4) is 0 Å². The number of carbonyl (C=O) groups is 2. The maximum absolute atomic E-state index is 13.4. The molecule has 1 atom stereocenters. The molecule has 0 aliphatic carbocycles. The van der Waals surface area contributed by atoms with Crippen molar-refractivity contribution in [3.63, 3.8) is 0 Å². The Morgan fingerprint density at radius 3 is 2.28 bits per heavy atom. The highest BCUT2D eigenvalue weighted by Gasteiger charge is 2.29. The molecule has 2 aromatic carbocycles. The fourth-order valence-electron chi connectivity index (χ4n) is 3.51. The molecule has 1 unspecified atom stereocenters. The zero-order valence-electron chi connectivity index (χ0n) is 18.2. The van der Waals surface area contributed by atoms with Crippen LogP contribution in [-0.2, 0) is 29.1 Å². The van der Waals surface area contributed by atoms with Gasteiger partial charge in [0.2, 0.25) is 11.8 Å². The van der Waals surface area contributed by atoms with Gasteiger partial charge in [0.25, 0.3) is 0 Å². The molecule has 166 valence electrons. The van der Waals surface area contributed by atoms with E-state index >= 15 is 0 Å². The van der Waals surface area contributed by atoms with E-state index in [9.17, 15) is 9.59 Å². The first kappa shape index (κ1) is 23.5. The van der Waals surface area contributed by atoms with Crippen molar-refractivity contribution in [2.45, 2.75) is 45.3 Å². The SMILES string of the molecule is CCCC(=O)N(Cc1ccc(Cl)cc1)C(Cc1ccccc1)C(=O)NCc1ccncc1. The van der Waals surface area contributed by atoms with Crippen LogP contribution >= 0.6 is 11.6 Å². The van der Waals surface area contributed by atoms with E-state index in [1.165, 1.54) is 0 Å². The molecule has 6 heteroatoms. The van der Waals surface area contributed by atoms with E-state index in [1.54, 1.807) is 29.4 Å². The van der Waals surface area contributed by atoms with Crippen molar-refractivity contribution in [1.82, 2.24) is 15.2 Å². The maximum atomic E-state index is 13.4. The number of rotatable bonds is 10. The first-order chi connectivity index (χ1) is 15.6. The van der Waals surface area contributed by atoms with Crippen molar-refractivity contribution in [3.8, 4) is 0 Å². The summed E-state index contributed by atoms with van der Waals surface area (Å²) in [6, 6.07) is 20.3. The standard InChI is InChI=1S/C26H28ClN3O2/c1-2-6-25(31)30(19-22-9-11-23(27)12-10-22)24(17-20-7-4-3-5-8-20)26(32)29-18-21-13-15-28-16-14-21/h3-5,7-16,24H,2,6,17-19H2,1H3,(H,29,32). The van der Waals surface area contributed by atoms with Gasteiger partial charge in [0.05, 0.1) is 0 Å². The van der Waals surface area contributed by atoms with Crippen LogP contribution in [0.4, 0.5) is 0 Å². The maximum Gasteiger partial charge on any atom is 0.243 e. The Hall–Kier alpha value is -3.18. The molecule has 0 radical (unpaired) electrons. The molecule has 0 bridgehead atoms. The minimum atomic E-state index is -0.631. The summed E-state index contributed by atoms with van der Waals surface area (Å²) in [7, 11) is 0. The van der Waals surface area contributed by atoms with Gasteiger partial charge in [0, 0.05) is 43.3 Å². The van der Waals surface area contributed by atoms with Gasteiger partial charge in [-0.25, -0.2) is 0 Å². The topological polar surface area (TPSA) is 62.3 Å². The number of aromatic nitrogens is 1.